The van der Waals surface area contributed by atoms with Crippen LogP contribution in [0.4, 0.5) is 5.95 Å². The second-order valence-corrected chi connectivity index (χ2v) is 5.56. The van der Waals surface area contributed by atoms with Gasteiger partial charge in [-0.15, -0.1) is 0 Å². The highest BCUT2D eigenvalue weighted by atomic mass is 32.2. The molecule has 0 radical (unpaired) electrons. The number of hydrogen-bond acceptors (Lipinski definition) is 4. The summed E-state index contributed by atoms with van der Waals surface area (Å²) < 4.78 is 7.56. The number of aryl methyl sites for hydroxylation is 2. The van der Waals surface area contributed by atoms with E-state index in [1.807, 2.05) is 25.6 Å². The molecule has 4 nitrogen and oxygen atoms in total. The Kier molecular flexibility index (Phi) is 8.75. The number of hydrogen-bond donors (Lipinski definition) is 1. The Balaban J connectivity index is 2.31. The van der Waals surface area contributed by atoms with Crippen LogP contribution in [0.2, 0.25) is 0 Å². The van der Waals surface area contributed by atoms with Gasteiger partial charge in [-0.25, -0.2) is 4.98 Å². The Morgan fingerprint density at radius 3 is 2.95 bits per heavy atom. The van der Waals surface area contributed by atoms with Gasteiger partial charge in [-0.05, 0) is 45.1 Å². The molecule has 0 bridgehead atoms. The van der Waals surface area contributed by atoms with Crippen molar-refractivity contribution in [1.82, 2.24) is 9.55 Å². The van der Waals surface area contributed by atoms with Crippen LogP contribution in [0.5, 0.6) is 0 Å². The number of rotatable bonds is 11. The molecule has 1 rings (SSSR count). The van der Waals surface area contributed by atoms with E-state index in [1.165, 1.54) is 18.6 Å². The quantitative estimate of drug-likeness (QED) is 0.634. The largest absolute Gasteiger partial charge is 0.382 e. The van der Waals surface area contributed by atoms with E-state index in [0.29, 0.717) is 0 Å². The van der Waals surface area contributed by atoms with Crippen LogP contribution >= 0.6 is 11.8 Å². The molecule has 0 aliphatic heterocycles. The molecule has 19 heavy (non-hydrogen) atoms. The van der Waals surface area contributed by atoms with Gasteiger partial charge in [0.15, 0.2) is 0 Å². The SMILES string of the molecule is CCOCCCNc1nc(C)cn1CCCCSC. The summed E-state index contributed by atoms with van der Waals surface area (Å²) in [6.45, 7) is 7.65. The van der Waals surface area contributed by atoms with Crippen molar-refractivity contribution in [2.45, 2.75) is 39.7 Å². The van der Waals surface area contributed by atoms with E-state index in [0.717, 1.165) is 44.4 Å². The van der Waals surface area contributed by atoms with Gasteiger partial charge in [-0.3, -0.25) is 0 Å². The first-order valence-electron chi connectivity index (χ1n) is 7.12. The molecule has 0 aliphatic rings. The minimum Gasteiger partial charge on any atom is -0.382 e. The zero-order valence-electron chi connectivity index (χ0n) is 12.4. The summed E-state index contributed by atoms with van der Waals surface area (Å²) in [6.07, 6.45) is 7.79. The van der Waals surface area contributed by atoms with Crippen molar-refractivity contribution in [2.75, 3.05) is 37.1 Å². The summed E-state index contributed by atoms with van der Waals surface area (Å²) >= 11 is 1.91. The molecule has 0 aromatic carbocycles. The van der Waals surface area contributed by atoms with E-state index in [4.69, 9.17) is 4.74 Å². The molecule has 0 atom stereocenters. The molecule has 110 valence electrons. The molecule has 1 N–H and O–H groups in total. The Morgan fingerprint density at radius 1 is 1.37 bits per heavy atom. The lowest BCUT2D eigenvalue weighted by molar-refractivity contribution is 0.147. The minimum atomic E-state index is 0.795. The fourth-order valence-corrected chi connectivity index (χ4v) is 2.40. The molecule has 0 spiro atoms. The maximum atomic E-state index is 5.33. The standard InChI is InChI=1S/C14H27N3OS/c1-4-18-10-7-8-15-14-16-13(2)12-17(14)9-5-6-11-19-3/h12H,4-11H2,1-3H3,(H,15,16). The van der Waals surface area contributed by atoms with Gasteiger partial charge in [0.1, 0.15) is 0 Å². The average molecular weight is 285 g/mol. The van der Waals surface area contributed by atoms with Crippen molar-refractivity contribution < 1.29 is 4.74 Å². The summed E-state index contributed by atoms with van der Waals surface area (Å²) in [5.41, 5.74) is 1.08. The molecule has 1 aromatic rings. The van der Waals surface area contributed by atoms with E-state index in [-0.39, 0.29) is 0 Å². The lowest BCUT2D eigenvalue weighted by Gasteiger charge is -2.09. The van der Waals surface area contributed by atoms with E-state index in [1.54, 1.807) is 0 Å². The van der Waals surface area contributed by atoms with Crippen LogP contribution in [0, 0.1) is 6.92 Å². The van der Waals surface area contributed by atoms with Crippen LogP contribution in [-0.4, -0.2) is 41.3 Å². The number of ether oxygens (including phenoxy) is 1. The molecule has 0 saturated carbocycles. The van der Waals surface area contributed by atoms with Gasteiger partial charge in [0.2, 0.25) is 5.95 Å². The molecule has 0 unspecified atom stereocenters. The number of anilines is 1. The van der Waals surface area contributed by atoms with Crippen LogP contribution < -0.4 is 5.32 Å². The number of nitrogens with one attached hydrogen (secondary N) is 1. The third-order valence-electron chi connectivity index (χ3n) is 2.85. The van der Waals surface area contributed by atoms with Crippen molar-refractivity contribution in [2.24, 2.45) is 0 Å². The van der Waals surface area contributed by atoms with E-state index in [9.17, 15) is 0 Å². The van der Waals surface area contributed by atoms with E-state index in [2.05, 4.69) is 27.3 Å². The fraction of sp³-hybridized carbons (Fsp3) is 0.786. The molecule has 0 saturated heterocycles. The lowest BCUT2D eigenvalue weighted by Crippen LogP contribution is -2.11. The number of nitrogens with zero attached hydrogens (tertiary/aromatic N) is 2. The van der Waals surface area contributed by atoms with Gasteiger partial charge < -0.3 is 14.6 Å². The van der Waals surface area contributed by atoms with Crippen LogP contribution in [-0.2, 0) is 11.3 Å². The molecular weight excluding hydrogens is 258 g/mol. The van der Waals surface area contributed by atoms with Crippen molar-refractivity contribution in [3.05, 3.63) is 11.9 Å². The van der Waals surface area contributed by atoms with Gasteiger partial charge in [0.25, 0.3) is 0 Å². The summed E-state index contributed by atoms with van der Waals surface area (Å²) in [5, 5.41) is 3.40. The van der Waals surface area contributed by atoms with Gasteiger partial charge in [-0.1, -0.05) is 0 Å². The third kappa shape index (κ3) is 6.87. The first-order valence-corrected chi connectivity index (χ1v) is 8.51. The zero-order valence-corrected chi connectivity index (χ0v) is 13.3. The third-order valence-corrected chi connectivity index (χ3v) is 3.54. The predicted octanol–water partition coefficient (Wildman–Crippen LogP) is 3.17. The molecule has 1 heterocycles. The highest BCUT2D eigenvalue weighted by molar-refractivity contribution is 7.98. The van der Waals surface area contributed by atoms with Crippen molar-refractivity contribution >= 4 is 17.7 Å². The smallest absolute Gasteiger partial charge is 0.203 e. The van der Waals surface area contributed by atoms with Gasteiger partial charge in [-0.2, -0.15) is 11.8 Å². The van der Waals surface area contributed by atoms with Crippen LogP contribution in [0.15, 0.2) is 6.20 Å². The first-order chi connectivity index (χ1) is 9.27. The summed E-state index contributed by atoms with van der Waals surface area (Å²) in [4.78, 5) is 4.53. The van der Waals surface area contributed by atoms with Gasteiger partial charge in [0.05, 0.1) is 5.69 Å². The number of unbranched alkanes of at least 4 members (excludes halogenated alkanes) is 1. The Bertz CT molecular complexity index is 341. The second kappa shape index (κ2) is 10.1. The molecule has 5 heteroatoms. The highest BCUT2D eigenvalue weighted by Gasteiger charge is 2.04. The monoisotopic (exact) mass is 285 g/mol. The van der Waals surface area contributed by atoms with Gasteiger partial charge >= 0.3 is 0 Å². The normalized spacial score (nSPS) is 10.9. The Morgan fingerprint density at radius 2 is 2.21 bits per heavy atom. The Labute approximate surface area is 121 Å². The van der Waals surface area contributed by atoms with Crippen LogP contribution in [0.3, 0.4) is 0 Å². The van der Waals surface area contributed by atoms with Gasteiger partial charge in [0, 0.05) is 32.5 Å². The summed E-state index contributed by atoms with van der Waals surface area (Å²) in [6, 6.07) is 0. The second-order valence-electron chi connectivity index (χ2n) is 4.58. The fourth-order valence-electron chi connectivity index (χ4n) is 1.91. The molecular formula is C14H27N3OS. The first kappa shape index (κ1) is 16.4. The van der Waals surface area contributed by atoms with Crippen LogP contribution in [0.1, 0.15) is 31.9 Å². The minimum absolute atomic E-state index is 0.795. The molecule has 1 aromatic heterocycles. The molecule has 0 fully saturated rings. The highest BCUT2D eigenvalue weighted by Crippen LogP contribution is 2.11. The van der Waals surface area contributed by atoms with Crippen LogP contribution in [0.25, 0.3) is 0 Å². The average Bonchev–Trinajstić information content (AvgIpc) is 2.75. The topological polar surface area (TPSA) is 39.1 Å². The number of aromatic nitrogens is 2. The zero-order chi connectivity index (χ0) is 13.9. The van der Waals surface area contributed by atoms with Crippen molar-refractivity contribution in [1.29, 1.82) is 0 Å². The predicted molar refractivity (Wildman–Crippen MR) is 84.2 cm³/mol. The molecule has 0 amide bonds. The number of thioether (sulfide) groups is 1. The lowest BCUT2D eigenvalue weighted by atomic mass is 10.3. The summed E-state index contributed by atoms with van der Waals surface area (Å²) in [7, 11) is 0. The number of imidazole rings is 1. The molecule has 0 aliphatic carbocycles. The Hall–Kier alpha value is -0.680. The summed E-state index contributed by atoms with van der Waals surface area (Å²) in [5.74, 6) is 2.24. The maximum Gasteiger partial charge on any atom is 0.203 e. The van der Waals surface area contributed by atoms with E-state index >= 15 is 0 Å². The van der Waals surface area contributed by atoms with E-state index < -0.39 is 0 Å². The maximum absolute atomic E-state index is 5.33. The van der Waals surface area contributed by atoms with Crippen molar-refractivity contribution in [3.63, 3.8) is 0 Å². The van der Waals surface area contributed by atoms with Crippen molar-refractivity contribution in [3.8, 4) is 0 Å².